The summed E-state index contributed by atoms with van der Waals surface area (Å²) in [5, 5.41) is 6.57. The highest BCUT2D eigenvalue weighted by molar-refractivity contribution is 7.26. The van der Waals surface area contributed by atoms with E-state index in [4.69, 9.17) is 11.8 Å². The molecule has 0 N–H and O–H groups in total. The summed E-state index contributed by atoms with van der Waals surface area (Å²) in [6.07, 6.45) is 0. The van der Waals surface area contributed by atoms with E-state index >= 15 is 0 Å². The largest absolute Gasteiger partial charge is 0.292 e. The Morgan fingerprint density at radius 2 is 1.28 bits per heavy atom. The summed E-state index contributed by atoms with van der Waals surface area (Å²) >= 11 is 1.79. The topological polar surface area (TPSA) is 17.8 Å². The molecule has 2 aromatic heterocycles. The number of imidazole rings is 1. The van der Waals surface area contributed by atoms with Gasteiger partial charge in [-0.1, -0.05) is 137 Å². The van der Waals surface area contributed by atoms with E-state index in [2.05, 4.69) is 141 Å². The zero-order valence-corrected chi connectivity index (χ0v) is 31.4. The van der Waals surface area contributed by atoms with Crippen LogP contribution in [0.15, 0.2) is 158 Å². The van der Waals surface area contributed by atoms with Crippen LogP contribution in [0, 0.1) is 0 Å². The monoisotopic (exact) mass is 717 g/mol. The van der Waals surface area contributed by atoms with Gasteiger partial charge in [-0.05, 0) is 115 Å². The van der Waals surface area contributed by atoms with Crippen LogP contribution in [0.5, 0.6) is 0 Å². The summed E-state index contributed by atoms with van der Waals surface area (Å²) in [5.74, 6) is 1.45. The summed E-state index contributed by atoms with van der Waals surface area (Å²) < 4.78 is 46.3. The summed E-state index contributed by atoms with van der Waals surface area (Å²) in [4.78, 5) is 5.43. The first-order chi connectivity index (χ1) is 28.5. The molecule has 2 heterocycles. The van der Waals surface area contributed by atoms with Crippen molar-refractivity contribution in [2.24, 2.45) is 0 Å². The number of fused-ring (bicyclic) bond motifs is 7. The highest BCUT2D eigenvalue weighted by atomic mass is 32.1. The van der Waals surface area contributed by atoms with Crippen LogP contribution in [0.1, 0.15) is 57.5 Å². The van der Waals surface area contributed by atoms with Crippen LogP contribution < -0.4 is 0 Å². The fourth-order valence-electron chi connectivity index (χ4n) is 8.13. The number of rotatable bonds is 6. The molecule has 0 saturated carbocycles. The number of benzene rings is 8. The van der Waals surface area contributed by atoms with Crippen molar-refractivity contribution in [2.45, 2.75) is 39.5 Å². The molecule has 0 unspecified atom stereocenters. The SMILES string of the molecule is [2H]c1c([2H])c([2H])c(-c2ccc3c(ccc4cc5c(cc43)sc3c(-c4nc6ccccc6n4-c4c(C(C)C)cc(-c6ccccc6)cc4C(C)C)cccc35)c2)c([2H])c1[2H]. The number of hydrogen-bond donors (Lipinski definition) is 0. The van der Waals surface area contributed by atoms with Gasteiger partial charge in [-0.3, -0.25) is 4.57 Å². The number of thiophene rings is 1. The first kappa shape index (κ1) is 27.6. The third-order valence-corrected chi connectivity index (χ3v) is 12.0. The van der Waals surface area contributed by atoms with Gasteiger partial charge < -0.3 is 0 Å². The Balaban J connectivity index is 1.19. The Kier molecular flexibility index (Phi) is 6.55. The van der Waals surface area contributed by atoms with Crippen molar-refractivity contribution in [1.29, 1.82) is 0 Å². The highest BCUT2D eigenvalue weighted by Gasteiger charge is 2.25. The van der Waals surface area contributed by atoms with Gasteiger partial charge in [0.25, 0.3) is 0 Å². The summed E-state index contributed by atoms with van der Waals surface area (Å²) in [5.41, 5.74) is 10.2. The van der Waals surface area contributed by atoms with Crippen molar-refractivity contribution in [3.05, 3.63) is 169 Å². The van der Waals surface area contributed by atoms with Crippen molar-refractivity contribution < 1.29 is 6.85 Å². The van der Waals surface area contributed by atoms with Crippen LogP contribution in [-0.2, 0) is 0 Å². The smallest absolute Gasteiger partial charge is 0.147 e. The Morgan fingerprint density at radius 1 is 0.556 bits per heavy atom. The van der Waals surface area contributed by atoms with Crippen LogP contribution >= 0.6 is 11.3 Å². The molecule has 3 heteroatoms. The third kappa shape index (κ3) is 5.26. The van der Waals surface area contributed by atoms with E-state index in [-0.39, 0.29) is 47.6 Å². The van der Waals surface area contributed by atoms with Gasteiger partial charge in [0, 0.05) is 25.7 Å². The molecule has 0 aliphatic rings. The molecule has 54 heavy (non-hydrogen) atoms. The second-order valence-electron chi connectivity index (χ2n) is 14.8. The van der Waals surface area contributed by atoms with Gasteiger partial charge in [0.1, 0.15) is 5.82 Å². The van der Waals surface area contributed by atoms with Crippen molar-refractivity contribution in [2.75, 3.05) is 0 Å². The minimum atomic E-state index is -0.388. The molecule has 10 rings (SSSR count). The first-order valence-corrected chi connectivity index (χ1v) is 19.4. The minimum Gasteiger partial charge on any atom is -0.292 e. The zero-order valence-electron chi connectivity index (χ0n) is 35.6. The lowest BCUT2D eigenvalue weighted by Gasteiger charge is -2.24. The summed E-state index contributed by atoms with van der Waals surface area (Å²) in [7, 11) is 0. The van der Waals surface area contributed by atoms with E-state index in [1.54, 1.807) is 11.3 Å². The van der Waals surface area contributed by atoms with Gasteiger partial charge in [0.2, 0.25) is 0 Å². The summed E-state index contributed by atoms with van der Waals surface area (Å²) in [6.45, 7) is 9.14. The van der Waals surface area contributed by atoms with Crippen molar-refractivity contribution in [1.82, 2.24) is 9.55 Å². The van der Waals surface area contributed by atoms with Crippen LogP contribution in [-0.4, -0.2) is 9.55 Å². The van der Waals surface area contributed by atoms with Crippen LogP contribution in [0.25, 0.3) is 92.1 Å². The molecule has 2 nitrogen and oxygen atoms in total. The van der Waals surface area contributed by atoms with Crippen molar-refractivity contribution >= 4 is 64.1 Å². The highest BCUT2D eigenvalue weighted by Crippen LogP contribution is 2.45. The molecule has 260 valence electrons. The molecular weight excluding hydrogens is 673 g/mol. The first-order valence-electron chi connectivity index (χ1n) is 21.1. The molecular formula is C51H40N2S. The molecule has 0 aliphatic carbocycles. The standard InChI is InChI=1S/C51H40N2S/c1-31(2)42-28-38(34-16-9-6-10-17-34)29-43(32(3)4)49(42)53-47-21-12-11-20-46(47)52-51(53)41-19-13-18-40-45-27-37-23-22-36-26-35(33-14-7-5-8-15-33)24-25-39(36)44(37)30-48(45)54-50(40)41/h5-32H,1-4H3/i5D,7D,8D,14D,15D. The maximum atomic E-state index is 8.55. The maximum absolute atomic E-state index is 8.55. The van der Waals surface area contributed by atoms with Crippen LogP contribution in [0.2, 0.25) is 0 Å². The minimum absolute atomic E-state index is 0.197. The molecule has 10 aromatic rings. The number of para-hydroxylation sites is 2. The molecule has 8 aromatic carbocycles. The van der Waals surface area contributed by atoms with E-state index in [1.807, 2.05) is 18.2 Å². The Labute approximate surface area is 327 Å². The predicted octanol–water partition coefficient (Wildman–Crippen LogP) is 14.9. The average Bonchev–Trinajstić information content (AvgIpc) is 3.82. The van der Waals surface area contributed by atoms with Crippen molar-refractivity contribution in [3.63, 3.8) is 0 Å². The zero-order chi connectivity index (χ0) is 40.9. The quantitative estimate of drug-likeness (QED) is 0.157. The van der Waals surface area contributed by atoms with E-state index in [9.17, 15) is 0 Å². The second-order valence-corrected chi connectivity index (χ2v) is 15.8. The molecule has 0 aliphatic heterocycles. The molecule has 0 spiro atoms. The Hall–Kier alpha value is -6.03. The molecule has 0 bridgehead atoms. The van der Waals surface area contributed by atoms with Crippen LogP contribution in [0.4, 0.5) is 0 Å². The normalized spacial score (nSPS) is 13.3. The van der Waals surface area contributed by atoms with Crippen LogP contribution in [0.3, 0.4) is 0 Å². The number of nitrogens with zero attached hydrogens (tertiary/aromatic N) is 2. The molecule has 0 saturated heterocycles. The lowest BCUT2D eigenvalue weighted by atomic mass is 9.88. The fourth-order valence-corrected chi connectivity index (χ4v) is 9.36. The van der Waals surface area contributed by atoms with Crippen molar-refractivity contribution in [3.8, 4) is 39.3 Å². The van der Waals surface area contributed by atoms with E-state index in [1.165, 1.54) is 48.1 Å². The second kappa shape index (κ2) is 12.8. The lowest BCUT2D eigenvalue weighted by Crippen LogP contribution is -2.09. The molecule has 0 radical (unpaired) electrons. The Bertz CT molecular complexity index is 3290. The van der Waals surface area contributed by atoms with Gasteiger partial charge >= 0.3 is 0 Å². The van der Waals surface area contributed by atoms with Gasteiger partial charge in [0.05, 0.1) is 23.6 Å². The van der Waals surface area contributed by atoms with E-state index < -0.39 is 0 Å². The fraction of sp³-hybridized carbons (Fsp3) is 0.118. The Morgan fingerprint density at radius 3 is 2.04 bits per heavy atom. The molecule has 0 atom stereocenters. The van der Waals surface area contributed by atoms with Gasteiger partial charge in [-0.2, -0.15) is 0 Å². The van der Waals surface area contributed by atoms with E-state index in [0.717, 1.165) is 44.0 Å². The van der Waals surface area contributed by atoms with Gasteiger partial charge in [0.15, 0.2) is 0 Å². The third-order valence-electron chi connectivity index (χ3n) is 10.8. The lowest BCUT2D eigenvalue weighted by molar-refractivity contribution is 0.812. The predicted molar refractivity (Wildman–Crippen MR) is 233 cm³/mol. The van der Waals surface area contributed by atoms with E-state index in [0.29, 0.717) is 5.56 Å². The molecule has 0 amide bonds. The van der Waals surface area contributed by atoms with Gasteiger partial charge in [-0.15, -0.1) is 11.3 Å². The average molecular weight is 718 g/mol. The maximum Gasteiger partial charge on any atom is 0.147 e. The van der Waals surface area contributed by atoms with Gasteiger partial charge in [-0.25, -0.2) is 4.98 Å². The number of aromatic nitrogens is 2. The number of hydrogen-bond acceptors (Lipinski definition) is 2. The summed E-state index contributed by atoms with van der Waals surface area (Å²) in [6, 6.07) is 43.6. The molecule has 0 fully saturated rings.